The molecule has 1 saturated heterocycles. The summed E-state index contributed by atoms with van der Waals surface area (Å²) in [5, 5.41) is 2.86. The Bertz CT molecular complexity index is 660. The molecule has 0 aliphatic carbocycles. The van der Waals surface area contributed by atoms with Crippen LogP contribution in [0, 0.1) is 6.92 Å². The van der Waals surface area contributed by atoms with Gasteiger partial charge in [0, 0.05) is 26.4 Å². The van der Waals surface area contributed by atoms with Gasteiger partial charge in [0.2, 0.25) is 0 Å². The first-order chi connectivity index (χ1) is 11.2. The third-order valence-electron chi connectivity index (χ3n) is 3.88. The van der Waals surface area contributed by atoms with E-state index in [0.29, 0.717) is 12.3 Å². The van der Waals surface area contributed by atoms with Gasteiger partial charge < -0.3 is 19.4 Å². The molecule has 8 nitrogen and oxygen atoms in total. The molecule has 122 valence electrons. The summed E-state index contributed by atoms with van der Waals surface area (Å²) in [5.41, 5.74) is 0. The molecule has 0 aromatic carbocycles. The number of anilines is 1. The molecule has 0 saturated carbocycles. The van der Waals surface area contributed by atoms with Crippen LogP contribution in [-0.4, -0.2) is 53.2 Å². The van der Waals surface area contributed by atoms with Gasteiger partial charge in [-0.2, -0.15) is 0 Å². The molecule has 1 fully saturated rings. The summed E-state index contributed by atoms with van der Waals surface area (Å²) in [5.74, 6) is 1.20. The highest BCUT2D eigenvalue weighted by Crippen LogP contribution is 2.24. The van der Waals surface area contributed by atoms with E-state index in [-0.39, 0.29) is 23.9 Å². The van der Waals surface area contributed by atoms with Gasteiger partial charge in [0.1, 0.15) is 17.9 Å². The summed E-state index contributed by atoms with van der Waals surface area (Å²) in [6.07, 6.45) is 5.66. The quantitative estimate of drug-likeness (QED) is 0.871. The van der Waals surface area contributed by atoms with E-state index in [0.717, 1.165) is 18.8 Å². The second kappa shape index (κ2) is 6.74. The van der Waals surface area contributed by atoms with Crippen molar-refractivity contribution in [3.63, 3.8) is 0 Å². The number of amides is 1. The van der Waals surface area contributed by atoms with E-state index < -0.39 is 0 Å². The lowest BCUT2D eigenvalue weighted by molar-refractivity contribution is 0.0911. The first-order valence-corrected chi connectivity index (χ1v) is 7.43. The number of hydrogen-bond donors (Lipinski definition) is 1. The number of nitrogens with one attached hydrogen (secondary N) is 1. The SMILES string of the molecule is CO[C@@H]1C[C@H](CNC(=O)c2ncc(C)o2)N(c2ccncn2)C1. The highest BCUT2D eigenvalue weighted by molar-refractivity contribution is 5.89. The zero-order valence-corrected chi connectivity index (χ0v) is 13.1. The van der Waals surface area contributed by atoms with Crippen LogP contribution < -0.4 is 10.2 Å². The van der Waals surface area contributed by atoms with Crippen LogP contribution >= 0.6 is 0 Å². The van der Waals surface area contributed by atoms with E-state index in [9.17, 15) is 4.79 Å². The predicted octanol–water partition coefficient (Wildman–Crippen LogP) is 0.797. The van der Waals surface area contributed by atoms with Gasteiger partial charge in [-0.05, 0) is 19.4 Å². The van der Waals surface area contributed by atoms with E-state index in [2.05, 4.69) is 25.2 Å². The third kappa shape index (κ3) is 3.48. The van der Waals surface area contributed by atoms with Gasteiger partial charge in [0.05, 0.1) is 18.3 Å². The molecule has 1 N–H and O–H groups in total. The number of rotatable bonds is 5. The summed E-state index contributed by atoms with van der Waals surface area (Å²) in [6, 6.07) is 1.94. The number of nitrogens with zero attached hydrogens (tertiary/aromatic N) is 4. The Labute approximate surface area is 133 Å². The Morgan fingerprint density at radius 3 is 3.04 bits per heavy atom. The molecular formula is C15H19N5O3. The van der Waals surface area contributed by atoms with Gasteiger partial charge in [-0.3, -0.25) is 4.79 Å². The maximum atomic E-state index is 12.1. The molecule has 1 aliphatic heterocycles. The van der Waals surface area contributed by atoms with Crippen LogP contribution in [0.5, 0.6) is 0 Å². The molecular weight excluding hydrogens is 298 g/mol. The first kappa shape index (κ1) is 15.4. The standard InChI is InChI=1S/C15H19N5O3/c1-10-6-18-15(23-10)14(21)17-7-11-5-12(22-2)8-20(11)13-3-4-16-9-19-13/h3-4,6,9,11-12H,5,7-8H2,1-2H3,(H,17,21)/t11-,12-/m1/s1. The Morgan fingerprint density at radius 2 is 2.39 bits per heavy atom. The second-order valence-corrected chi connectivity index (χ2v) is 5.45. The summed E-state index contributed by atoms with van der Waals surface area (Å²) >= 11 is 0. The molecule has 1 aliphatic rings. The van der Waals surface area contributed by atoms with E-state index in [1.54, 1.807) is 20.2 Å². The number of aromatic nitrogens is 3. The van der Waals surface area contributed by atoms with Crippen molar-refractivity contribution >= 4 is 11.7 Å². The smallest absolute Gasteiger partial charge is 0.307 e. The van der Waals surface area contributed by atoms with Gasteiger partial charge in [0.25, 0.3) is 5.89 Å². The first-order valence-electron chi connectivity index (χ1n) is 7.43. The zero-order chi connectivity index (χ0) is 16.2. The molecule has 2 aromatic heterocycles. The maximum absolute atomic E-state index is 12.1. The number of hydrogen-bond acceptors (Lipinski definition) is 7. The Balaban J connectivity index is 1.66. The zero-order valence-electron chi connectivity index (χ0n) is 13.1. The number of aryl methyl sites for hydroxylation is 1. The van der Waals surface area contributed by atoms with Gasteiger partial charge in [-0.1, -0.05) is 0 Å². The summed E-state index contributed by atoms with van der Waals surface area (Å²) in [6.45, 7) is 2.94. The van der Waals surface area contributed by atoms with Crippen LogP contribution in [0.4, 0.5) is 5.82 Å². The normalized spacial score (nSPS) is 20.7. The molecule has 3 rings (SSSR count). The fourth-order valence-corrected chi connectivity index (χ4v) is 2.72. The van der Waals surface area contributed by atoms with E-state index in [4.69, 9.17) is 9.15 Å². The van der Waals surface area contributed by atoms with Gasteiger partial charge in [0.15, 0.2) is 0 Å². The third-order valence-corrected chi connectivity index (χ3v) is 3.88. The van der Waals surface area contributed by atoms with E-state index in [1.807, 2.05) is 6.07 Å². The van der Waals surface area contributed by atoms with E-state index >= 15 is 0 Å². The number of methoxy groups -OCH3 is 1. The average molecular weight is 317 g/mol. The lowest BCUT2D eigenvalue weighted by atomic mass is 10.2. The highest BCUT2D eigenvalue weighted by atomic mass is 16.5. The molecule has 23 heavy (non-hydrogen) atoms. The summed E-state index contributed by atoms with van der Waals surface area (Å²) < 4.78 is 10.7. The Morgan fingerprint density at radius 1 is 1.52 bits per heavy atom. The van der Waals surface area contributed by atoms with Crippen molar-refractivity contribution in [1.29, 1.82) is 0 Å². The van der Waals surface area contributed by atoms with Crippen molar-refractivity contribution < 1.29 is 13.9 Å². The molecule has 3 heterocycles. The molecule has 0 unspecified atom stereocenters. The van der Waals surface area contributed by atoms with Crippen molar-refractivity contribution in [2.24, 2.45) is 0 Å². The fourth-order valence-electron chi connectivity index (χ4n) is 2.72. The van der Waals surface area contributed by atoms with Crippen molar-refractivity contribution in [2.45, 2.75) is 25.5 Å². The van der Waals surface area contributed by atoms with Gasteiger partial charge in [-0.15, -0.1) is 0 Å². The molecule has 1 amide bonds. The maximum Gasteiger partial charge on any atom is 0.307 e. The van der Waals surface area contributed by atoms with Crippen LogP contribution in [0.2, 0.25) is 0 Å². The van der Waals surface area contributed by atoms with Crippen LogP contribution in [0.25, 0.3) is 0 Å². The van der Waals surface area contributed by atoms with Crippen LogP contribution in [0.1, 0.15) is 22.9 Å². The summed E-state index contributed by atoms with van der Waals surface area (Å²) in [7, 11) is 1.69. The summed E-state index contributed by atoms with van der Waals surface area (Å²) in [4.78, 5) is 26.3. The molecule has 2 atom stereocenters. The largest absolute Gasteiger partial charge is 0.438 e. The predicted molar refractivity (Wildman–Crippen MR) is 82.2 cm³/mol. The molecule has 8 heteroatoms. The van der Waals surface area contributed by atoms with Crippen molar-refractivity contribution in [1.82, 2.24) is 20.3 Å². The van der Waals surface area contributed by atoms with E-state index in [1.165, 1.54) is 12.5 Å². The van der Waals surface area contributed by atoms with Gasteiger partial charge in [-0.25, -0.2) is 15.0 Å². The Kier molecular flexibility index (Phi) is 4.52. The number of oxazole rings is 1. The second-order valence-electron chi connectivity index (χ2n) is 5.45. The lowest BCUT2D eigenvalue weighted by Gasteiger charge is -2.25. The monoisotopic (exact) mass is 317 g/mol. The fraction of sp³-hybridized carbons (Fsp3) is 0.467. The number of ether oxygens (including phenoxy) is 1. The topological polar surface area (TPSA) is 93.4 Å². The van der Waals surface area contributed by atoms with Crippen molar-refractivity contribution in [2.75, 3.05) is 25.1 Å². The van der Waals surface area contributed by atoms with Crippen LogP contribution in [0.15, 0.2) is 29.2 Å². The van der Waals surface area contributed by atoms with Crippen molar-refractivity contribution in [3.8, 4) is 0 Å². The van der Waals surface area contributed by atoms with Crippen molar-refractivity contribution in [3.05, 3.63) is 36.4 Å². The minimum Gasteiger partial charge on any atom is -0.438 e. The lowest BCUT2D eigenvalue weighted by Crippen LogP contribution is -2.40. The molecule has 2 aromatic rings. The van der Waals surface area contributed by atoms with Crippen LogP contribution in [0.3, 0.4) is 0 Å². The van der Waals surface area contributed by atoms with Crippen LogP contribution in [-0.2, 0) is 4.74 Å². The molecule has 0 radical (unpaired) electrons. The minimum atomic E-state index is -0.318. The molecule has 0 bridgehead atoms. The number of carbonyl (C=O) groups excluding carboxylic acids is 1. The molecule has 0 spiro atoms. The minimum absolute atomic E-state index is 0.0809. The number of carbonyl (C=O) groups is 1. The average Bonchev–Trinajstić information content (AvgIpc) is 3.19. The van der Waals surface area contributed by atoms with Gasteiger partial charge >= 0.3 is 5.91 Å². The highest BCUT2D eigenvalue weighted by Gasteiger charge is 2.33. The Hall–Kier alpha value is -2.48.